The van der Waals surface area contributed by atoms with Gasteiger partial charge in [0.2, 0.25) is 5.88 Å². The van der Waals surface area contributed by atoms with Crippen LogP contribution in [0.5, 0.6) is 5.75 Å². The number of aryl methyl sites for hydroxylation is 1. The molecule has 24 heavy (non-hydrogen) atoms. The first kappa shape index (κ1) is 15.9. The van der Waals surface area contributed by atoms with E-state index in [4.69, 9.17) is 10.2 Å². The summed E-state index contributed by atoms with van der Waals surface area (Å²) < 4.78 is 44.6. The summed E-state index contributed by atoms with van der Waals surface area (Å²) >= 11 is 0. The maximum Gasteiger partial charge on any atom is 0.416 e. The molecule has 2 aromatic heterocycles. The predicted molar refractivity (Wildman–Crippen MR) is 83.2 cm³/mol. The summed E-state index contributed by atoms with van der Waals surface area (Å²) in [5.41, 5.74) is 5.70. The van der Waals surface area contributed by atoms with Crippen LogP contribution in [-0.4, -0.2) is 10.1 Å². The third-order valence-electron chi connectivity index (χ3n) is 3.67. The molecule has 4 nitrogen and oxygen atoms in total. The molecule has 0 aliphatic rings. The van der Waals surface area contributed by atoms with Crippen molar-refractivity contribution in [2.45, 2.75) is 13.1 Å². The molecule has 0 fully saturated rings. The number of rotatable bonds is 2. The van der Waals surface area contributed by atoms with Crippen LogP contribution in [0, 0.1) is 6.92 Å². The van der Waals surface area contributed by atoms with Gasteiger partial charge in [0, 0.05) is 18.0 Å². The van der Waals surface area contributed by atoms with Crippen molar-refractivity contribution < 1.29 is 22.7 Å². The van der Waals surface area contributed by atoms with Crippen LogP contribution in [0.3, 0.4) is 0 Å². The summed E-state index contributed by atoms with van der Waals surface area (Å²) in [6, 6.07) is 7.02. The fourth-order valence-corrected chi connectivity index (χ4v) is 2.49. The van der Waals surface area contributed by atoms with Crippen molar-refractivity contribution in [1.82, 2.24) is 4.98 Å². The number of pyridine rings is 1. The molecule has 0 aliphatic carbocycles. The minimum atomic E-state index is -4.50. The molecule has 0 amide bonds. The van der Waals surface area contributed by atoms with E-state index in [1.165, 1.54) is 25.3 Å². The second kappa shape index (κ2) is 5.59. The maximum absolute atomic E-state index is 13.1. The van der Waals surface area contributed by atoms with Gasteiger partial charge in [-0.2, -0.15) is 13.2 Å². The van der Waals surface area contributed by atoms with Crippen molar-refractivity contribution in [3.63, 3.8) is 0 Å². The summed E-state index contributed by atoms with van der Waals surface area (Å²) in [6.45, 7) is 1.37. The first-order valence-corrected chi connectivity index (χ1v) is 6.99. The molecule has 0 aliphatic heterocycles. The lowest BCUT2D eigenvalue weighted by atomic mass is 9.99. The Morgan fingerprint density at radius 1 is 1.17 bits per heavy atom. The number of hydrogen-bond donors (Lipinski definition) is 2. The van der Waals surface area contributed by atoms with E-state index in [0.29, 0.717) is 5.56 Å². The zero-order chi connectivity index (χ0) is 17.5. The Balaban J connectivity index is 2.17. The molecular weight excluding hydrogens is 321 g/mol. The fourth-order valence-electron chi connectivity index (χ4n) is 2.49. The first-order valence-electron chi connectivity index (χ1n) is 6.99. The molecule has 0 unspecified atom stereocenters. The molecule has 0 saturated carbocycles. The molecule has 0 atom stereocenters. The molecule has 0 radical (unpaired) electrons. The number of halogens is 3. The normalized spacial score (nSPS) is 11.7. The van der Waals surface area contributed by atoms with Gasteiger partial charge in [-0.1, -0.05) is 12.1 Å². The van der Waals surface area contributed by atoms with Gasteiger partial charge >= 0.3 is 6.18 Å². The molecule has 3 aromatic rings. The van der Waals surface area contributed by atoms with E-state index in [0.717, 1.165) is 6.07 Å². The zero-order valence-corrected chi connectivity index (χ0v) is 12.6. The van der Waals surface area contributed by atoms with Crippen LogP contribution in [0.2, 0.25) is 0 Å². The van der Waals surface area contributed by atoms with E-state index >= 15 is 0 Å². The largest absolute Gasteiger partial charge is 0.504 e. The van der Waals surface area contributed by atoms with Crippen molar-refractivity contribution in [2.24, 2.45) is 0 Å². The van der Waals surface area contributed by atoms with E-state index in [-0.39, 0.29) is 34.1 Å². The Bertz CT molecular complexity index is 887. The van der Waals surface area contributed by atoms with Gasteiger partial charge in [-0.15, -0.1) is 0 Å². The van der Waals surface area contributed by atoms with Gasteiger partial charge in [0.1, 0.15) is 0 Å². The Labute approximate surface area is 135 Å². The van der Waals surface area contributed by atoms with Crippen molar-refractivity contribution in [2.75, 3.05) is 5.73 Å². The Morgan fingerprint density at radius 2 is 1.92 bits per heavy atom. The van der Waals surface area contributed by atoms with Crippen LogP contribution in [0.4, 0.5) is 19.1 Å². The minimum absolute atomic E-state index is 0.0272. The Morgan fingerprint density at radius 3 is 2.54 bits per heavy atom. The van der Waals surface area contributed by atoms with E-state index in [1.807, 2.05) is 0 Å². The maximum atomic E-state index is 13.1. The van der Waals surface area contributed by atoms with Crippen molar-refractivity contribution >= 4 is 5.88 Å². The molecule has 7 heteroatoms. The second-order valence-electron chi connectivity index (χ2n) is 5.29. The average molecular weight is 334 g/mol. The highest BCUT2D eigenvalue weighted by Gasteiger charge is 2.33. The lowest BCUT2D eigenvalue weighted by Crippen LogP contribution is -2.07. The number of furan rings is 1. The van der Waals surface area contributed by atoms with Crippen LogP contribution >= 0.6 is 0 Å². The molecule has 0 bridgehead atoms. The van der Waals surface area contributed by atoms with Crippen molar-refractivity contribution in [1.29, 1.82) is 0 Å². The van der Waals surface area contributed by atoms with Crippen LogP contribution in [0.25, 0.3) is 22.5 Å². The molecular formula is C17H13F3N2O2. The molecule has 0 spiro atoms. The topological polar surface area (TPSA) is 72.3 Å². The number of hydrogen-bond acceptors (Lipinski definition) is 4. The molecule has 124 valence electrons. The number of nitrogens with two attached hydrogens (primary N) is 1. The fraction of sp³-hybridized carbons (Fsp3) is 0.118. The standard InChI is InChI=1S/C17H13F3N2O2/c1-9-4-5-10(7-12(9)17(18,19)20)13-14(23)15(24-16(13)21)11-3-2-6-22-8-11/h2-8,23H,21H2,1H3. The first-order chi connectivity index (χ1) is 11.3. The number of benzene rings is 1. The van der Waals surface area contributed by atoms with Gasteiger partial charge < -0.3 is 15.3 Å². The molecule has 3 rings (SSSR count). The second-order valence-corrected chi connectivity index (χ2v) is 5.29. The number of nitrogens with zero attached hydrogens (tertiary/aromatic N) is 1. The summed E-state index contributed by atoms with van der Waals surface area (Å²) in [5.74, 6) is -0.425. The Kier molecular flexibility index (Phi) is 3.71. The average Bonchev–Trinajstić information content (AvgIpc) is 2.83. The van der Waals surface area contributed by atoms with E-state index < -0.39 is 11.7 Å². The summed E-state index contributed by atoms with van der Waals surface area (Å²) in [4.78, 5) is 3.91. The number of nitrogen functional groups attached to an aromatic ring is 1. The van der Waals surface area contributed by atoms with E-state index in [9.17, 15) is 18.3 Å². The highest BCUT2D eigenvalue weighted by Crippen LogP contribution is 2.46. The van der Waals surface area contributed by atoms with Gasteiger partial charge in [0.15, 0.2) is 11.5 Å². The lowest BCUT2D eigenvalue weighted by Gasteiger charge is -2.12. The number of aromatic nitrogens is 1. The van der Waals surface area contributed by atoms with Crippen molar-refractivity contribution in [3.05, 3.63) is 53.9 Å². The molecule has 3 N–H and O–H groups in total. The van der Waals surface area contributed by atoms with Gasteiger partial charge in [0.25, 0.3) is 0 Å². The van der Waals surface area contributed by atoms with Crippen molar-refractivity contribution in [3.8, 4) is 28.2 Å². The zero-order valence-electron chi connectivity index (χ0n) is 12.6. The third-order valence-corrected chi connectivity index (χ3v) is 3.67. The summed E-state index contributed by atoms with van der Waals surface area (Å²) in [7, 11) is 0. The van der Waals surface area contributed by atoms with E-state index in [2.05, 4.69) is 4.98 Å². The number of alkyl halides is 3. The van der Waals surface area contributed by atoms with Crippen LogP contribution < -0.4 is 5.73 Å². The summed E-state index contributed by atoms with van der Waals surface area (Å²) in [6.07, 6.45) is -1.50. The molecule has 2 heterocycles. The minimum Gasteiger partial charge on any atom is -0.504 e. The number of anilines is 1. The van der Waals surface area contributed by atoms with Crippen LogP contribution in [0.1, 0.15) is 11.1 Å². The predicted octanol–water partition coefficient (Wildman–Crippen LogP) is 4.62. The van der Waals surface area contributed by atoms with Crippen LogP contribution in [0.15, 0.2) is 47.1 Å². The molecule has 1 aromatic carbocycles. The third kappa shape index (κ3) is 2.68. The highest BCUT2D eigenvalue weighted by atomic mass is 19.4. The Hall–Kier alpha value is -2.96. The van der Waals surface area contributed by atoms with Crippen LogP contribution in [-0.2, 0) is 6.18 Å². The van der Waals surface area contributed by atoms with Gasteiger partial charge in [-0.3, -0.25) is 4.98 Å². The monoisotopic (exact) mass is 334 g/mol. The van der Waals surface area contributed by atoms with Gasteiger partial charge in [-0.25, -0.2) is 0 Å². The van der Waals surface area contributed by atoms with E-state index in [1.54, 1.807) is 18.3 Å². The SMILES string of the molecule is Cc1ccc(-c2c(N)oc(-c3cccnc3)c2O)cc1C(F)(F)F. The smallest absolute Gasteiger partial charge is 0.416 e. The quantitative estimate of drug-likeness (QED) is 0.717. The number of aromatic hydroxyl groups is 1. The van der Waals surface area contributed by atoms with Gasteiger partial charge in [0.05, 0.1) is 11.1 Å². The summed E-state index contributed by atoms with van der Waals surface area (Å²) in [5, 5.41) is 10.4. The lowest BCUT2D eigenvalue weighted by molar-refractivity contribution is -0.138. The highest BCUT2D eigenvalue weighted by molar-refractivity contribution is 5.86. The molecule has 0 saturated heterocycles. The van der Waals surface area contributed by atoms with Gasteiger partial charge in [-0.05, 0) is 36.2 Å².